The first-order valence-corrected chi connectivity index (χ1v) is 7.49. The van der Waals surface area contributed by atoms with Crippen LogP contribution < -0.4 is 5.32 Å². The van der Waals surface area contributed by atoms with Crippen molar-refractivity contribution in [1.82, 2.24) is 4.57 Å². The molecular formula is C17H21ClN2O. The minimum atomic E-state index is 0.0786. The van der Waals surface area contributed by atoms with Crippen molar-refractivity contribution < 1.29 is 4.79 Å². The number of nitrogens with zero attached hydrogens (tertiary/aromatic N) is 1. The van der Waals surface area contributed by atoms with Gasteiger partial charge in [0.2, 0.25) is 0 Å². The summed E-state index contributed by atoms with van der Waals surface area (Å²) in [5.41, 5.74) is 3.70. The molecule has 1 aromatic heterocycles. The topological polar surface area (TPSA) is 34.0 Å². The van der Waals surface area contributed by atoms with Gasteiger partial charge in [-0.2, -0.15) is 0 Å². The number of benzene rings is 1. The fraction of sp³-hybridized carbons (Fsp3) is 0.353. The van der Waals surface area contributed by atoms with Gasteiger partial charge >= 0.3 is 0 Å². The molecule has 1 N–H and O–H groups in total. The number of halogens is 1. The molecule has 0 aliphatic carbocycles. The Balaban J connectivity index is 2.15. The molecule has 0 bridgehead atoms. The van der Waals surface area contributed by atoms with Crippen LogP contribution in [-0.2, 0) is 0 Å². The number of hydrogen-bond donors (Lipinski definition) is 1. The number of nitrogens with one attached hydrogen (secondary N) is 1. The predicted octanol–water partition coefficient (Wildman–Crippen LogP) is 4.63. The van der Waals surface area contributed by atoms with Gasteiger partial charge in [0.05, 0.1) is 17.3 Å². The number of anilines is 1. The zero-order valence-electron chi connectivity index (χ0n) is 12.9. The first kappa shape index (κ1) is 15.6. The third-order valence-electron chi connectivity index (χ3n) is 3.61. The minimum Gasteiger partial charge on any atom is -0.376 e. The highest BCUT2D eigenvalue weighted by Crippen LogP contribution is 2.22. The second-order valence-corrected chi connectivity index (χ2v) is 5.91. The van der Waals surface area contributed by atoms with Crippen LogP contribution in [0.3, 0.4) is 0 Å². The summed E-state index contributed by atoms with van der Waals surface area (Å²) in [6.45, 7) is 8.51. The number of aryl methyl sites for hydroxylation is 1. The fourth-order valence-electron chi connectivity index (χ4n) is 2.73. The highest BCUT2D eigenvalue weighted by Gasteiger charge is 2.17. The molecule has 4 heteroatoms. The van der Waals surface area contributed by atoms with E-state index in [1.165, 1.54) is 0 Å². The van der Waals surface area contributed by atoms with Gasteiger partial charge in [-0.05, 0) is 45.9 Å². The number of carbonyl (C=O) groups excluding carboxylic acids is 1. The number of para-hydroxylation sites is 1. The Bertz CT molecular complexity index is 659. The largest absolute Gasteiger partial charge is 0.376 e. The molecule has 0 aliphatic rings. The normalized spacial score (nSPS) is 11.0. The van der Waals surface area contributed by atoms with E-state index in [1.807, 2.05) is 38.1 Å². The van der Waals surface area contributed by atoms with Gasteiger partial charge in [-0.25, -0.2) is 0 Å². The van der Waals surface area contributed by atoms with Gasteiger partial charge in [0.1, 0.15) is 0 Å². The van der Waals surface area contributed by atoms with Crippen molar-refractivity contribution >= 4 is 23.1 Å². The van der Waals surface area contributed by atoms with Crippen molar-refractivity contribution in [3.8, 4) is 0 Å². The summed E-state index contributed by atoms with van der Waals surface area (Å²) in [6, 6.07) is 9.75. The molecule has 0 radical (unpaired) electrons. The molecule has 21 heavy (non-hydrogen) atoms. The van der Waals surface area contributed by atoms with E-state index in [9.17, 15) is 4.79 Å². The van der Waals surface area contributed by atoms with E-state index in [0.29, 0.717) is 11.1 Å². The van der Waals surface area contributed by atoms with Crippen LogP contribution in [-0.4, -0.2) is 16.9 Å². The van der Waals surface area contributed by atoms with Crippen LogP contribution in [0.15, 0.2) is 30.3 Å². The van der Waals surface area contributed by atoms with E-state index in [1.54, 1.807) is 6.07 Å². The van der Waals surface area contributed by atoms with Crippen LogP contribution >= 0.6 is 11.6 Å². The number of carbonyl (C=O) groups is 1. The molecule has 0 amide bonds. The smallest absolute Gasteiger partial charge is 0.183 e. The van der Waals surface area contributed by atoms with Gasteiger partial charge in [0.15, 0.2) is 5.78 Å². The lowest BCUT2D eigenvalue weighted by atomic mass is 10.1. The molecule has 0 saturated heterocycles. The second kappa shape index (κ2) is 6.35. The lowest BCUT2D eigenvalue weighted by Crippen LogP contribution is -2.15. The summed E-state index contributed by atoms with van der Waals surface area (Å²) in [5, 5.41) is 3.73. The van der Waals surface area contributed by atoms with Gasteiger partial charge in [-0.3, -0.25) is 4.79 Å². The molecule has 0 aliphatic heterocycles. The molecular weight excluding hydrogens is 284 g/mol. The van der Waals surface area contributed by atoms with E-state index < -0.39 is 0 Å². The van der Waals surface area contributed by atoms with E-state index in [2.05, 4.69) is 23.7 Å². The maximum Gasteiger partial charge on any atom is 0.183 e. The zero-order chi connectivity index (χ0) is 15.6. The maximum atomic E-state index is 12.4. The Kier molecular flexibility index (Phi) is 4.73. The lowest BCUT2D eigenvalue weighted by molar-refractivity contribution is 0.101. The zero-order valence-corrected chi connectivity index (χ0v) is 13.7. The summed E-state index contributed by atoms with van der Waals surface area (Å²) in [5.74, 6) is 0.0786. The van der Waals surface area contributed by atoms with Crippen molar-refractivity contribution in [2.75, 3.05) is 11.9 Å². The molecule has 1 aromatic carbocycles. The van der Waals surface area contributed by atoms with Crippen molar-refractivity contribution in [2.45, 2.75) is 33.7 Å². The highest BCUT2D eigenvalue weighted by molar-refractivity contribution is 6.33. The summed E-state index contributed by atoms with van der Waals surface area (Å²) < 4.78 is 2.18. The minimum absolute atomic E-state index is 0.0786. The van der Waals surface area contributed by atoms with Crippen LogP contribution in [0.1, 0.15) is 41.6 Å². The van der Waals surface area contributed by atoms with E-state index in [-0.39, 0.29) is 12.3 Å². The molecule has 0 fully saturated rings. The first-order chi connectivity index (χ1) is 9.91. The van der Waals surface area contributed by atoms with Crippen LogP contribution in [0.5, 0.6) is 0 Å². The number of ketones is 1. The Morgan fingerprint density at radius 1 is 1.29 bits per heavy atom. The molecule has 2 rings (SSSR count). The number of aromatic nitrogens is 1. The molecule has 0 spiro atoms. The summed E-state index contributed by atoms with van der Waals surface area (Å²) >= 11 is 6.08. The number of hydrogen-bond acceptors (Lipinski definition) is 2. The van der Waals surface area contributed by atoms with E-state index in [0.717, 1.165) is 22.6 Å². The molecule has 0 atom stereocenters. The highest BCUT2D eigenvalue weighted by atomic mass is 35.5. The molecule has 0 saturated carbocycles. The number of rotatable bonds is 5. The summed E-state index contributed by atoms with van der Waals surface area (Å²) in [7, 11) is 0. The van der Waals surface area contributed by atoms with Crippen LogP contribution in [0.2, 0.25) is 5.02 Å². The van der Waals surface area contributed by atoms with Crippen molar-refractivity contribution in [1.29, 1.82) is 0 Å². The van der Waals surface area contributed by atoms with Gasteiger partial charge < -0.3 is 9.88 Å². The third kappa shape index (κ3) is 3.30. The molecule has 112 valence electrons. The average molecular weight is 305 g/mol. The monoisotopic (exact) mass is 304 g/mol. The molecule has 3 nitrogen and oxygen atoms in total. The van der Waals surface area contributed by atoms with Crippen molar-refractivity contribution in [2.24, 2.45) is 0 Å². The quantitative estimate of drug-likeness (QED) is 0.817. The Labute approximate surface area is 130 Å². The standard InChI is InChI=1S/C17H21ClN2O/c1-11(2)20-12(3)9-14(13(20)4)17(21)10-19-16-8-6-5-7-15(16)18/h5-9,11,19H,10H2,1-4H3. The van der Waals surface area contributed by atoms with Gasteiger partial charge in [0.25, 0.3) is 0 Å². The number of Topliss-reactive ketones (excluding diaryl/α,β-unsaturated/α-hetero) is 1. The van der Waals surface area contributed by atoms with Gasteiger partial charge in [-0.15, -0.1) is 0 Å². The van der Waals surface area contributed by atoms with Gasteiger partial charge in [-0.1, -0.05) is 23.7 Å². The van der Waals surface area contributed by atoms with E-state index in [4.69, 9.17) is 11.6 Å². The van der Waals surface area contributed by atoms with Crippen LogP contribution in [0.25, 0.3) is 0 Å². The fourth-order valence-corrected chi connectivity index (χ4v) is 2.93. The van der Waals surface area contributed by atoms with Gasteiger partial charge in [0, 0.05) is 23.0 Å². The Hall–Kier alpha value is -1.74. The Morgan fingerprint density at radius 3 is 2.52 bits per heavy atom. The van der Waals surface area contributed by atoms with E-state index >= 15 is 0 Å². The summed E-state index contributed by atoms with van der Waals surface area (Å²) in [4.78, 5) is 12.4. The Morgan fingerprint density at radius 2 is 1.95 bits per heavy atom. The predicted molar refractivity (Wildman–Crippen MR) is 88.6 cm³/mol. The first-order valence-electron chi connectivity index (χ1n) is 7.12. The van der Waals surface area contributed by atoms with Crippen LogP contribution in [0, 0.1) is 13.8 Å². The van der Waals surface area contributed by atoms with Crippen molar-refractivity contribution in [3.05, 3.63) is 52.3 Å². The van der Waals surface area contributed by atoms with Crippen LogP contribution in [0.4, 0.5) is 5.69 Å². The average Bonchev–Trinajstić information content (AvgIpc) is 2.73. The summed E-state index contributed by atoms with van der Waals surface area (Å²) in [6.07, 6.45) is 0. The maximum absolute atomic E-state index is 12.4. The molecule has 2 aromatic rings. The SMILES string of the molecule is Cc1cc(C(=O)CNc2ccccc2Cl)c(C)n1C(C)C. The third-order valence-corrected chi connectivity index (χ3v) is 3.94. The molecule has 1 heterocycles. The second-order valence-electron chi connectivity index (χ2n) is 5.51. The molecule has 0 unspecified atom stereocenters. The lowest BCUT2D eigenvalue weighted by Gasteiger charge is -2.13. The van der Waals surface area contributed by atoms with Crippen molar-refractivity contribution in [3.63, 3.8) is 0 Å².